The molecule has 0 radical (unpaired) electrons. The van der Waals surface area contributed by atoms with Gasteiger partial charge in [0.1, 0.15) is 0 Å². The summed E-state index contributed by atoms with van der Waals surface area (Å²) >= 11 is 0. The smallest absolute Gasteiger partial charge is 0.346 e. The summed E-state index contributed by atoms with van der Waals surface area (Å²) in [7, 11) is 0. The SMILES string of the molecule is CCC1OC(CC(F)(F)F)OC1CC. The minimum absolute atomic E-state index is 0.188. The van der Waals surface area contributed by atoms with Crippen molar-refractivity contribution in [2.24, 2.45) is 0 Å². The molecule has 0 aromatic heterocycles. The van der Waals surface area contributed by atoms with Crippen LogP contribution in [0.5, 0.6) is 0 Å². The van der Waals surface area contributed by atoms with Crippen LogP contribution >= 0.6 is 0 Å². The van der Waals surface area contributed by atoms with E-state index in [2.05, 4.69) is 0 Å². The first-order valence-electron chi connectivity index (χ1n) is 4.84. The lowest BCUT2D eigenvalue weighted by molar-refractivity contribution is -0.193. The van der Waals surface area contributed by atoms with Gasteiger partial charge in [-0.1, -0.05) is 13.8 Å². The van der Waals surface area contributed by atoms with Crippen molar-refractivity contribution < 1.29 is 22.6 Å². The van der Waals surface area contributed by atoms with Crippen molar-refractivity contribution in [1.29, 1.82) is 0 Å². The van der Waals surface area contributed by atoms with Crippen molar-refractivity contribution in [2.75, 3.05) is 0 Å². The number of hydrogen-bond acceptors (Lipinski definition) is 2. The Balaban J connectivity index is 2.45. The molecule has 0 aromatic carbocycles. The van der Waals surface area contributed by atoms with E-state index in [0.29, 0.717) is 12.8 Å². The molecule has 0 aliphatic carbocycles. The summed E-state index contributed by atoms with van der Waals surface area (Å²) in [4.78, 5) is 0. The largest absolute Gasteiger partial charge is 0.393 e. The van der Waals surface area contributed by atoms with E-state index in [1.807, 2.05) is 13.8 Å². The number of ether oxygens (including phenoxy) is 2. The van der Waals surface area contributed by atoms with Crippen molar-refractivity contribution in [3.8, 4) is 0 Å². The molecule has 1 fully saturated rings. The van der Waals surface area contributed by atoms with Crippen LogP contribution in [0.25, 0.3) is 0 Å². The normalized spacial score (nSPS) is 33.6. The highest BCUT2D eigenvalue weighted by atomic mass is 19.4. The zero-order chi connectivity index (χ0) is 10.8. The summed E-state index contributed by atoms with van der Waals surface area (Å²) in [6, 6.07) is 0. The van der Waals surface area contributed by atoms with Crippen LogP contribution in [0.2, 0.25) is 0 Å². The maximum absolute atomic E-state index is 12.0. The molecule has 2 nitrogen and oxygen atoms in total. The average Bonchev–Trinajstić information content (AvgIpc) is 2.43. The number of hydrogen-bond donors (Lipinski definition) is 0. The first kappa shape index (κ1) is 11.8. The van der Waals surface area contributed by atoms with Crippen molar-refractivity contribution >= 4 is 0 Å². The fourth-order valence-corrected chi connectivity index (χ4v) is 1.60. The van der Waals surface area contributed by atoms with Gasteiger partial charge in [-0.15, -0.1) is 0 Å². The summed E-state index contributed by atoms with van der Waals surface area (Å²) in [5.74, 6) is 0. The number of rotatable bonds is 3. The molecule has 0 saturated carbocycles. The fraction of sp³-hybridized carbons (Fsp3) is 1.00. The number of halogens is 3. The second-order valence-electron chi connectivity index (χ2n) is 3.41. The second-order valence-corrected chi connectivity index (χ2v) is 3.41. The van der Waals surface area contributed by atoms with Gasteiger partial charge in [0.05, 0.1) is 18.6 Å². The maximum atomic E-state index is 12.0. The molecule has 0 amide bonds. The average molecular weight is 212 g/mol. The van der Waals surface area contributed by atoms with Crippen molar-refractivity contribution in [2.45, 2.75) is 57.8 Å². The van der Waals surface area contributed by atoms with E-state index >= 15 is 0 Å². The van der Waals surface area contributed by atoms with E-state index in [4.69, 9.17) is 9.47 Å². The highest BCUT2D eigenvalue weighted by molar-refractivity contribution is 4.76. The van der Waals surface area contributed by atoms with Gasteiger partial charge in [-0.05, 0) is 12.8 Å². The summed E-state index contributed by atoms with van der Waals surface area (Å²) in [5, 5.41) is 0. The Labute approximate surface area is 81.4 Å². The minimum Gasteiger partial charge on any atom is -0.346 e. The van der Waals surface area contributed by atoms with Crippen LogP contribution in [0.1, 0.15) is 33.1 Å². The molecule has 84 valence electrons. The Morgan fingerprint density at radius 3 is 1.71 bits per heavy atom. The zero-order valence-corrected chi connectivity index (χ0v) is 8.30. The highest BCUT2D eigenvalue weighted by Gasteiger charge is 2.40. The Morgan fingerprint density at radius 2 is 1.43 bits per heavy atom. The van der Waals surface area contributed by atoms with Crippen LogP contribution in [0, 0.1) is 0 Å². The van der Waals surface area contributed by atoms with Gasteiger partial charge in [-0.3, -0.25) is 0 Å². The Hall–Kier alpha value is -0.290. The molecular weight excluding hydrogens is 197 g/mol. The van der Waals surface area contributed by atoms with E-state index in [9.17, 15) is 13.2 Å². The molecular formula is C9H15F3O2. The third kappa shape index (κ3) is 3.13. The van der Waals surface area contributed by atoms with Crippen LogP contribution in [0.4, 0.5) is 13.2 Å². The Kier molecular flexibility index (Phi) is 3.78. The van der Waals surface area contributed by atoms with Gasteiger partial charge in [0.25, 0.3) is 0 Å². The Morgan fingerprint density at radius 1 is 1.00 bits per heavy atom. The summed E-state index contributed by atoms with van der Waals surface area (Å²) in [5.41, 5.74) is 0. The van der Waals surface area contributed by atoms with E-state index in [0.717, 1.165) is 0 Å². The van der Waals surface area contributed by atoms with Crippen LogP contribution < -0.4 is 0 Å². The molecule has 1 heterocycles. The maximum Gasteiger partial charge on any atom is 0.393 e. The van der Waals surface area contributed by atoms with E-state index in [1.165, 1.54) is 0 Å². The van der Waals surface area contributed by atoms with Crippen molar-refractivity contribution in [3.05, 3.63) is 0 Å². The fourth-order valence-electron chi connectivity index (χ4n) is 1.60. The zero-order valence-electron chi connectivity index (χ0n) is 8.30. The predicted molar refractivity (Wildman–Crippen MR) is 44.8 cm³/mol. The predicted octanol–water partition coefficient (Wildman–Crippen LogP) is 2.87. The van der Waals surface area contributed by atoms with Gasteiger partial charge in [-0.2, -0.15) is 13.2 Å². The van der Waals surface area contributed by atoms with Crippen LogP contribution in [-0.4, -0.2) is 24.7 Å². The van der Waals surface area contributed by atoms with E-state index in [-0.39, 0.29) is 12.2 Å². The molecule has 1 saturated heterocycles. The van der Waals surface area contributed by atoms with Gasteiger partial charge >= 0.3 is 6.18 Å². The third-order valence-electron chi connectivity index (χ3n) is 2.27. The van der Waals surface area contributed by atoms with Gasteiger partial charge in [0.2, 0.25) is 0 Å². The standard InChI is InChI=1S/C9H15F3O2/c1-3-6-7(4-2)14-8(13-6)5-9(10,11)12/h6-8H,3-5H2,1-2H3. The third-order valence-corrected chi connectivity index (χ3v) is 2.27. The molecule has 0 spiro atoms. The van der Waals surface area contributed by atoms with E-state index in [1.54, 1.807) is 0 Å². The number of alkyl halides is 3. The molecule has 5 heteroatoms. The molecule has 2 atom stereocenters. The molecule has 0 N–H and O–H groups in total. The molecule has 1 rings (SSSR count). The molecule has 14 heavy (non-hydrogen) atoms. The second kappa shape index (κ2) is 4.49. The quantitative estimate of drug-likeness (QED) is 0.716. The lowest BCUT2D eigenvalue weighted by Crippen LogP contribution is -2.20. The summed E-state index contributed by atoms with van der Waals surface area (Å²) in [6.45, 7) is 3.76. The van der Waals surface area contributed by atoms with Crippen LogP contribution in [0.3, 0.4) is 0 Å². The summed E-state index contributed by atoms with van der Waals surface area (Å²) < 4.78 is 46.3. The summed E-state index contributed by atoms with van der Waals surface area (Å²) in [6.07, 6.45) is -5.34. The molecule has 1 aliphatic heterocycles. The first-order chi connectivity index (χ1) is 6.46. The van der Waals surface area contributed by atoms with E-state index < -0.39 is 18.9 Å². The molecule has 1 aliphatic rings. The van der Waals surface area contributed by atoms with Gasteiger partial charge in [0, 0.05) is 0 Å². The lowest BCUT2D eigenvalue weighted by Gasteiger charge is -2.12. The van der Waals surface area contributed by atoms with Crippen molar-refractivity contribution in [1.82, 2.24) is 0 Å². The first-order valence-corrected chi connectivity index (χ1v) is 4.84. The van der Waals surface area contributed by atoms with Crippen LogP contribution in [-0.2, 0) is 9.47 Å². The monoisotopic (exact) mass is 212 g/mol. The molecule has 0 aromatic rings. The van der Waals surface area contributed by atoms with Gasteiger partial charge < -0.3 is 9.47 Å². The molecule has 2 unspecified atom stereocenters. The highest BCUT2D eigenvalue weighted by Crippen LogP contribution is 2.31. The van der Waals surface area contributed by atoms with Crippen molar-refractivity contribution in [3.63, 3.8) is 0 Å². The topological polar surface area (TPSA) is 18.5 Å². The minimum atomic E-state index is -4.22. The molecule has 0 bridgehead atoms. The van der Waals surface area contributed by atoms with Gasteiger partial charge in [-0.25, -0.2) is 0 Å². The Bertz CT molecular complexity index is 169. The van der Waals surface area contributed by atoms with Crippen LogP contribution in [0.15, 0.2) is 0 Å². The van der Waals surface area contributed by atoms with Gasteiger partial charge in [0.15, 0.2) is 6.29 Å². The lowest BCUT2D eigenvalue weighted by atomic mass is 10.1.